The summed E-state index contributed by atoms with van der Waals surface area (Å²) in [6.07, 6.45) is 8.38. The largest absolute Gasteiger partial charge is 0.322 e. The third kappa shape index (κ3) is 3.30. The number of carbonyl (C=O) groups is 1. The van der Waals surface area contributed by atoms with Gasteiger partial charge in [0.1, 0.15) is 0 Å². The van der Waals surface area contributed by atoms with Crippen LogP contribution in [0.15, 0.2) is 67.1 Å². The molecule has 1 amide bonds. The Bertz CT molecular complexity index is 797. The number of benzene rings is 1. The summed E-state index contributed by atoms with van der Waals surface area (Å²) in [5, 5.41) is 3.83. The first-order valence-corrected chi connectivity index (χ1v) is 6.55. The SMILES string of the molecule is O=C(C=Cc1ccncc1)Nc1ccc2ncccc2c1. The molecule has 0 aliphatic heterocycles. The molecule has 0 atom stereocenters. The Morgan fingerprint density at radius 1 is 1.05 bits per heavy atom. The van der Waals surface area contributed by atoms with Crippen molar-refractivity contribution >= 4 is 28.6 Å². The number of aromatic nitrogens is 2. The molecule has 1 N–H and O–H groups in total. The zero-order chi connectivity index (χ0) is 14.5. The number of nitrogens with zero attached hydrogens (tertiary/aromatic N) is 2. The van der Waals surface area contributed by atoms with Crippen molar-refractivity contribution in [3.8, 4) is 0 Å². The highest BCUT2D eigenvalue weighted by molar-refractivity contribution is 6.02. The van der Waals surface area contributed by atoms with Crippen LogP contribution in [0.25, 0.3) is 17.0 Å². The van der Waals surface area contributed by atoms with E-state index in [1.54, 1.807) is 24.7 Å². The summed E-state index contributed by atoms with van der Waals surface area (Å²) in [5.41, 5.74) is 2.59. The molecule has 0 unspecified atom stereocenters. The number of rotatable bonds is 3. The highest BCUT2D eigenvalue weighted by Crippen LogP contribution is 2.17. The number of fused-ring (bicyclic) bond motifs is 1. The third-order valence-corrected chi connectivity index (χ3v) is 3.00. The number of nitrogens with one attached hydrogen (secondary N) is 1. The van der Waals surface area contributed by atoms with Crippen molar-refractivity contribution in [3.63, 3.8) is 0 Å². The minimum absolute atomic E-state index is 0.171. The molecule has 0 fully saturated rings. The monoisotopic (exact) mass is 275 g/mol. The molecule has 2 aromatic heterocycles. The van der Waals surface area contributed by atoms with E-state index < -0.39 is 0 Å². The second-order valence-corrected chi connectivity index (χ2v) is 4.51. The Labute approximate surface area is 122 Å². The van der Waals surface area contributed by atoms with Crippen molar-refractivity contribution in [2.75, 3.05) is 5.32 Å². The molecular formula is C17H13N3O. The van der Waals surface area contributed by atoms with Gasteiger partial charge in [-0.05, 0) is 48.0 Å². The maximum absolute atomic E-state index is 11.9. The average Bonchev–Trinajstić information content (AvgIpc) is 2.54. The number of pyridine rings is 2. The van der Waals surface area contributed by atoms with E-state index in [1.807, 2.05) is 42.5 Å². The van der Waals surface area contributed by atoms with E-state index >= 15 is 0 Å². The quantitative estimate of drug-likeness (QED) is 0.746. The summed E-state index contributed by atoms with van der Waals surface area (Å²) in [6, 6.07) is 13.1. The molecule has 4 nitrogen and oxygen atoms in total. The Balaban J connectivity index is 1.73. The smallest absolute Gasteiger partial charge is 0.248 e. The molecular weight excluding hydrogens is 262 g/mol. The van der Waals surface area contributed by atoms with Gasteiger partial charge in [0.25, 0.3) is 0 Å². The molecule has 0 bridgehead atoms. The van der Waals surface area contributed by atoms with Crippen LogP contribution in [-0.4, -0.2) is 15.9 Å². The van der Waals surface area contributed by atoms with Crippen LogP contribution in [-0.2, 0) is 4.79 Å². The molecule has 21 heavy (non-hydrogen) atoms. The van der Waals surface area contributed by atoms with Crippen LogP contribution >= 0.6 is 0 Å². The topological polar surface area (TPSA) is 54.9 Å². The van der Waals surface area contributed by atoms with E-state index in [1.165, 1.54) is 6.08 Å². The molecule has 0 saturated carbocycles. The Hall–Kier alpha value is -3.01. The highest BCUT2D eigenvalue weighted by Gasteiger charge is 2.00. The van der Waals surface area contributed by atoms with Gasteiger partial charge in [-0.15, -0.1) is 0 Å². The van der Waals surface area contributed by atoms with Crippen LogP contribution in [0, 0.1) is 0 Å². The maximum atomic E-state index is 11.9. The van der Waals surface area contributed by atoms with E-state index in [4.69, 9.17) is 0 Å². The standard InChI is InChI=1S/C17H13N3O/c21-17(6-3-13-7-10-18-11-8-13)20-15-4-5-16-14(12-15)2-1-9-19-16/h1-12H,(H,20,21). The Kier molecular flexibility index (Phi) is 3.69. The molecule has 2 heterocycles. The summed E-state index contributed by atoms with van der Waals surface area (Å²) >= 11 is 0. The van der Waals surface area contributed by atoms with E-state index in [0.717, 1.165) is 22.2 Å². The maximum Gasteiger partial charge on any atom is 0.248 e. The molecule has 0 radical (unpaired) electrons. The fraction of sp³-hybridized carbons (Fsp3) is 0. The van der Waals surface area contributed by atoms with Gasteiger partial charge < -0.3 is 5.32 Å². The van der Waals surface area contributed by atoms with Gasteiger partial charge in [0.2, 0.25) is 5.91 Å². The van der Waals surface area contributed by atoms with E-state index in [9.17, 15) is 4.79 Å². The van der Waals surface area contributed by atoms with E-state index in [0.29, 0.717) is 0 Å². The fourth-order valence-electron chi connectivity index (χ4n) is 1.98. The van der Waals surface area contributed by atoms with E-state index in [-0.39, 0.29) is 5.91 Å². The lowest BCUT2D eigenvalue weighted by Crippen LogP contribution is -2.07. The molecule has 0 aliphatic carbocycles. The zero-order valence-electron chi connectivity index (χ0n) is 11.2. The predicted molar refractivity (Wildman–Crippen MR) is 83.6 cm³/mol. The first-order valence-electron chi connectivity index (χ1n) is 6.55. The van der Waals surface area contributed by atoms with Gasteiger partial charge >= 0.3 is 0 Å². The van der Waals surface area contributed by atoms with Gasteiger partial charge in [0.15, 0.2) is 0 Å². The van der Waals surface area contributed by atoms with Crippen molar-refractivity contribution in [1.29, 1.82) is 0 Å². The molecule has 3 rings (SSSR count). The van der Waals surface area contributed by atoms with Crippen molar-refractivity contribution in [1.82, 2.24) is 9.97 Å². The minimum atomic E-state index is -0.171. The van der Waals surface area contributed by atoms with Gasteiger partial charge in [-0.2, -0.15) is 0 Å². The van der Waals surface area contributed by atoms with Crippen molar-refractivity contribution in [3.05, 3.63) is 72.7 Å². The summed E-state index contributed by atoms with van der Waals surface area (Å²) in [4.78, 5) is 20.1. The summed E-state index contributed by atoms with van der Waals surface area (Å²) in [7, 11) is 0. The summed E-state index contributed by atoms with van der Waals surface area (Å²) < 4.78 is 0. The van der Waals surface area contributed by atoms with Crippen LogP contribution in [0.3, 0.4) is 0 Å². The number of hydrogen-bond donors (Lipinski definition) is 1. The summed E-state index contributed by atoms with van der Waals surface area (Å²) in [5.74, 6) is -0.171. The van der Waals surface area contributed by atoms with Crippen LogP contribution in [0.4, 0.5) is 5.69 Å². The number of carbonyl (C=O) groups excluding carboxylic acids is 1. The van der Waals surface area contributed by atoms with Crippen LogP contribution in [0.2, 0.25) is 0 Å². The van der Waals surface area contributed by atoms with Crippen LogP contribution in [0.5, 0.6) is 0 Å². The number of amides is 1. The molecule has 0 spiro atoms. The van der Waals surface area contributed by atoms with Gasteiger partial charge in [-0.3, -0.25) is 14.8 Å². The molecule has 4 heteroatoms. The highest BCUT2D eigenvalue weighted by atomic mass is 16.1. The predicted octanol–water partition coefficient (Wildman–Crippen LogP) is 3.28. The average molecular weight is 275 g/mol. The van der Waals surface area contributed by atoms with Gasteiger partial charge in [0, 0.05) is 35.7 Å². The summed E-state index contributed by atoms with van der Waals surface area (Å²) in [6.45, 7) is 0. The lowest BCUT2D eigenvalue weighted by atomic mass is 10.2. The number of anilines is 1. The van der Waals surface area contributed by atoms with Crippen molar-refractivity contribution < 1.29 is 4.79 Å². The fourth-order valence-corrected chi connectivity index (χ4v) is 1.98. The molecule has 102 valence electrons. The van der Waals surface area contributed by atoms with Gasteiger partial charge in [-0.25, -0.2) is 0 Å². The molecule has 3 aromatic rings. The van der Waals surface area contributed by atoms with Crippen LogP contribution < -0.4 is 5.32 Å². The van der Waals surface area contributed by atoms with Crippen molar-refractivity contribution in [2.45, 2.75) is 0 Å². The van der Waals surface area contributed by atoms with Gasteiger partial charge in [-0.1, -0.05) is 6.07 Å². The molecule has 1 aromatic carbocycles. The number of hydrogen-bond acceptors (Lipinski definition) is 3. The second-order valence-electron chi connectivity index (χ2n) is 4.51. The van der Waals surface area contributed by atoms with E-state index in [2.05, 4.69) is 15.3 Å². The molecule has 0 aliphatic rings. The third-order valence-electron chi connectivity index (χ3n) is 3.00. The van der Waals surface area contributed by atoms with Gasteiger partial charge in [0.05, 0.1) is 5.52 Å². The Morgan fingerprint density at radius 2 is 1.90 bits per heavy atom. The zero-order valence-corrected chi connectivity index (χ0v) is 11.2. The normalized spacial score (nSPS) is 10.9. The lowest BCUT2D eigenvalue weighted by molar-refractivity contribution is -0.111. The Morgan fingerprint density at radius 3 is 2.76 bits per heavy atom. The minimum Gasteiger partial charge on any atom is -0.322 e. The first kappa shape index (κ1) is 13.0. The lowest BCUT2D eigenvalue weighted by Gasteiger charge is -2.03. The first-order chi connectivity index (χ1) is 10.3. The second kappa shape index (κ2) is 5.96. The van der Waals surface area contributed by atoms with Crippen LogP contribution in [0.1, 0.15) is 5.56 Å². The van der Waals surface area contributed by atoms with Crippen molar-refractivity contribution in [2.24, 2.45) is 0 Å². The molecule has 0 saturated heterocycles.